The van der Waals surface area contributed by atoms with Crippen LogP contribution in [-0.4, -0.2) is 4.98 Å². The van der Waals surface area contributed by atoms with Crippen molar-refractivity contribution in [2.75, 3.05) is 5.73 Å². The Morgan fingerprint density at radius 2 is 2.25 bits per heavy atom. The molecule has 0 aliphatic carbocycles. The van der Waals surface area contributed by atoms with Gasteiger partial charge < -0.3 is 5.73 Å². The van der Waals surface area contributed by atoms with Crippen molar-refractivity contribution in [3.05, 3.63) is 45.2 Å². The van der Waals surface area contributed by atoms with Gasteiger partial charge >= 0.3 is 0 Å². The molecular weight excluding hydrogens is 247 g/mol. The molecular formula is C11H10ClFN2S. The third-order valence-corrected chi connectivity index (χ3v) is 3.61. The summed E-state index contributed by atoms with van der Waals surface area (Å²) in [5.74, 6) is -0.325. The molecule has 0 spiro atoms. The summed E-state index contributed by atoms with van der Waals surface area (Å²) < 4.78 is 12.9. The summed E-state index contributed by atoms with van der Waals surface area (Å²) in [6, 6.07) is 4.41. The van der Waals surface area contributed by atoms with Gasteiger partial charge in [0.1, 0.15) is 5.82 Å². The van der Waals surface area contributed by atoms with Crippen LogP contribution in [-0.2, 0) is 6.42 Å². The minimum absolute atomic E-state index is 0.325. The molecule has 5 heteroatoms. The summed E-state index contributed by atoms with van der Waals surface area (Å²) in [7, 11) is 0. The van der Waals surface area contributed by atoms with Crippen molar-refractivity contribution in [3.63, 3.8) is 0 Å². The second kappa shape index (κ2) is 4.39. The summed E-state index contributed by atoms with van der Waals surface area (Å²) >= 11 is 7.39. The first kappa shape index (κ1) is 11.4. The maximum Gasteiger partial charge on any atom is 0.180 e. The van der Waals surface area contributed by atoms with E-state index in [-0.39, 0.29) is 5.82 Å². The molecule has 2 aromatic rings. The van der Waals surface area contributed by atoms with Crippen LogP contribution in [0.25, 0.3) is 0 Å². The summed E-state index contributed by atoms with van der Waals surface area (Å²) in [4.78, 5) is 5.19. The average Bonchev–Trinajstić information content (AvgIpc) is 2.50. The molecule has 0 unspecified atom stereocenters. The molecule has 16 heavy (non-hydrogen) atoms. The monoisotopic (exact) mass is 256 g/mol. The zero-order chi connectivity index (χ0) is 11.7. The lowest BCUT2D eigenvalue weighted by atomic mass is 10.1. The third-order valence-electron chi connectivity index (χ3n) is 2.28. The first-order valence-corrected chi connectivity index (χ1v) is 5.91. The SMILES string of the molecule is Cc1nc(N)sc1Cc1ccc(F)cc1Cl. The summed E-state index contributed by atoms with van der Waals surface area (Å²) in [6.45, 7) is 1.90. The minimum Gasteiger partial charge on any atom is -0.375 e. The Morgan fingerprint density at radius 3 is 2.81 bits per heavy atom. The molecule has 0 saturated heterocycles. The highest BCUT2D eigenvalue weighted by molar-refractivity contribution is 7.15. The maximum atomic E-state index is 12.9. The topological polar surface area (TPSA) is 38.9 Å². The molecule has 0 aliphatic rings. The first-order chi connectivity index (χ1) is 7.56. The molecule has 1 aromatic heterocycles. The van der Waals surface area contributed by atoms with Crippen LogP contribution < -0.4 is 5.73 Å². The summed E-state index contributed by atoms with van der Waals surface area (Å²) in [6.07, 6.45) is 0.639. The Balaban J connectivity index is 2.30. The van der Waals surface area contributed by atoms with Gasteiger partial charge in [-0.05, 0) is 24.6 Å². The largest absolute Gasteiger partial charge is 0.375 e. The van der Waals surface area contributed by atoms with Crippen LogP contribution in [0.1, 0.15) is 16.1 Å². The van der Waals surface area contributed by atoms with Crippen molar-refractivity contribution in [2.45, 2.75) is 13.3 Å². The Labute approximate surface area is 102 Å². The van der Waals surface area contributed by atoms with Crippen molar-refractivity contribution < 1.29 is 4.39 Å². The van der Waals surface area contributed by atoms with Gasteiger partial charge in [0.25, 0.3) is 0 Å². The number of aryl methyl sites for hydroxylation is 1. The number of nitrogens with two attached hydrogens (primary N) is 1. The van der Waals surface area contributed by atoms with E-state index in [0.717, 1.165) is 16.1 Å². The van der Waals surface area contributed by atoms with E-state index in [9.17, 15) is 4.39 Å². The van der Waals surface area contributed by atoms with Crippen molar-refractivity contribution in [1.29, 1.82) is 0 Å². The van der Waals surface area contributed by atoms with Crippen LogP contribution in [0.15, 0.2) is 18.2 Å². The van der Waals surface area contributed by atoms with Gasteiger partial charge in [-0.1, -0.05) is 17.7 Å². The van der Waals surface area contributed by atoms with Gasteiger partial charge in [0, 0.05) is 16.3 Å². The van der Waals surface area contributed by atoms with Gasteiger partial charge in [-0.15, -0.1) is 11.3 Å². The number of hydrogen-bond acceptors (Lipinski definition) is 3. The smallest absolute Gasteiger partial charge is 0.180 e. The van der Waals surface area contributed by atoms with E-state index in [1.165, 1.54) is 23.5 Å². The highest BCUT2D eigenvalue weighted by Gasteiger charge is 2.09. The predicted molar refractivity (Wildman–Crippen MR) is 65.5 cm³/mol. The standard InChI is InChI=1S/C11H10ClFN2S/c1-6-10(16-11(14)15-6)4-7-2-3-8(13)5-9(7)12/h2-3,5H,4H2,1H3,(H2,14,15). The van der Waals surface area contributed by atoms with Gasteiger partial charge in [-0.25, -0.2) is 9.37 Å². The molecule has 0 fully saturated rings. The first-order valence-electron chi connectivity index (χ1n) is 4.72. The Bertz CT molecular complexity index is 525. The number of anilines is 1. The van der Waals surface area contributed by atoms with Gasteiger partial charge in [0.2, 0.25) is 0 Å². The molecule has 84 valence electrons. The number of halogens is 2. The fourth-order valence-corrected chi connectivity index (χ4v) is 2.54. The van der Waals surface area contributed by atoms with Gasteiger partial charge in [0.15, 0.2) is 5.13 Å². The number of rotatable bonds is 2. The number of nitrogen functional groups attached to an aromatic ring is 1. The molecule has 0 atom stereocenters. The van der Waals surface area contributed by atoms with E-state index in [0.29, 0.717) is 16.6 Å². The second-order valence-electron chi connectivity index (χ2n) is 3.47. The lowest BCUT2D eigenvalue weighted by Gasteiger charge is -2.02. The molecule has 2 rings (SSSR count). The van der Waals surface area contributed by atoms with Crippen LogP contribution in [0.3, 0.4) is 0 Å². The zero-order valence-corrected chi connectivity index (χ0v) is 10.2. The van der Waals surface area contributed by atoms with E-state index < -0.39 is 0 Å². The van der Waals surface area contributed by atoms with E-state index >= 15 is 0 Å². The van der Waals surface area contributed by atoms with Crippen molar-refractivity contribution in [3.8, 4) is 0 Å². The second-order valence-corrected chi connectivity index (χ2v) is 5.00. The van der Waals surface area contributed by atoms with Crippen molar-refractivity contribution in [1.82, 2.24) is 4.98 Å². The lowest BCUT2D eigenvalue weighted by molar-refractivity contribution is 0.627. The summed E-state index contributed by atoms with van der Waals surface area (Å²) in [5.41, 5.74) is 7.40. The molecule has 1 aromatic carbocycles. The number of benzene rings is 1. The highest BCUT2D eigenvalue weighted by atomic mass is 35.5. The molecule has 0 amide bonds. The number of nitrogens with zero attached hydrogens (tertiary/aromatic N) is 1. The fourth-order valence-electron chi connectivity index (χ4n) is 1.45. The molecule has 0 saturated carbocycles. The Hall–Kier alpha value is -1.13. The van der Waals surface area contributed by atoms with Crippen LogP contribution in [0, 0.1) is 12.7 Å². The Kier molecular flexibility index (Phi) is 3.12. The van der Waals surface area contributed by atoms with E-state index in [1.807, 2.05) is 6.92 Å². The molecule has 0 aliphatic heterocycles. The third kappa shape index (κ3) is 2.33. The highest BCUT2D eigenvalue weighted by Crippen LogP contribution is 2.26. The zero-order valence-electron chi connectivity index (χ0n) is 8.63. The number of hydrogen-bond donors (Lipinski definition) is 1. The molecule has 0 radical (unpaired) electrons. The minimum atomic E-state index is -0.325. The number of thiazole rings is 1. The predicted octanol–water partition coefficient (Wildman–Crippen LogP) is 3.42. The quantitative estimate of drug-likeness (QED) is 0.894. The van der Waals surface area contributed by atoms with E-state index in [1.54, 1.807) is 6.07 Å². The molecule has 1 heterocycles. The maximum absolute atomic E-state index is 12.9. The van der Waals surface area contributed by atoms with Crippen molar-refractivity contribution >= 4 is 28.1 Å². The van der Waals surface area contributed by atoms with Crippen LogP contribution in [0.2, 0.25) is 5.02 Å². The van der Waals surface area contributed by atoms with Crippen molar-refractivity contribution in [2.24, 2.45) is 0 Å². The van der Waals surface area contributed by atoms with Gasteiger partial charge in [0.05, 0.1) is 5.69 Å². The molecule has 0 bridgehead atoms. The van der Waals surface area contributed by atoms with Crippen LogP contribution in [0.5, 0.6) is 0 Å². The normalized spacial score (nSPS) is 10.7. The fraction of sp³-hybridized carbons (Fsp3) is 0.182. The number of aromatic nitrogens is 1. The molecule has 2 nitrogen and oxygen atoms in total. The van der Waals surface area contributed by atoms with Gasteiger partial charge in [-0.3, -0.25) is 0 Å². The lowest BCUT2D eigenvalue weighted by Crippen LogP contribution is -1.90. The molecule has 2 N–H and O–H groups in total. The van der Waals surface area contributed by atoms with E-state index in [4.69, 9.17) is 17.3 Å². The summed E-state index contributed by atoms with van der Waals surface area (Å²) in [5, 5.41) is 0.983. The van der Waals surface area contributed by atoms with Crippen LogP contribution in [0.4, 0.5) is 9.52 Å². The van der Waals surface area contributed by atoms with E-state index in [2.05, 4.69) is 4.98 Å². The average molecular weight is 257 g/mol. The van der Waals surface area contributed by atoms with Crippen LogP contribution >= 0.6 is 22.9 Å². The Morgan fingerprint density at radius 1 is 1.50 bits per heavy atom. The van der Waals surface area contributed by atoms with Gasteiger partial charge in [-0.2, -0.15) is 0 Å².